The Kier molecular flexibility index (Phi) is 2.84. The molecule has 0 N–H and O–H groups in total. The highest BCUT2D eigenvalue weighted by molar-refractivity contribution is 6.30. The maximum Gasteiger partial charge on any atom is 0.0946 e. The number of rotatable bonds is 3. The molecule has 2 aromatic rings. The number of nitrogens with zero attached hydrogens (tertiary/aromatic N) is 2. The van der Waals surface area contributed by atoms with Crippen molar-refractivity contribution in [2.45, 2.75) is 13.0 Å². The second kappa shape index (κ2) is 4.29. The van der Waals surface area contributed by atoms with E-state index >= 15 is 0 Å². The number of benzene rings is 1. The summed E-state index contributed by atoms with van der Waals surface area (Å²) in [6.07, 6.45) is 6.56. The van der Waals surface area contributed by atoms with Crippen LogP contribution in [0.1, 0.15) is 5.56 Å². The van der Waals surface area contributed by atoms with Crippen LogP contribution in [0.4, 0.5) is 0 Å². The molecule has 2 nitrogen and oxygen atoms in total. The summed E-state index contributed by atoms with van der Waals surface area (Å²) in [5, 5.41) is 0.799. The van der Waals surface area contributed by atoms with Crippen LogP contribution in [0, 0.1) is 0 Å². The zero-order valence-electron chi connectivity index (χ0n) is 7.73. The van der Waals surface area contributed by atoms with E-state index in [2.05, 4.69) is 15.6 Å². The summed E-state index contributed by atoms with van der Waals surface area (Å²) in [7, 11) is 0. The highest BCUT2D eigenvalue weighted by atomic mass is 35.5. The Bertz CT molecular complexity index is 395. The highest BCUT2D eigenvalue weighted by Crippen LogP contribution is 2.11. The highest BCUT2D eigenvalue weighted by Gasteiger charge is 1.95. The zero-order valence-corrected chi connectivity index (χ0v) is 8.48. The SMILES string of the molecule is Clc1cccc(CCn2ccnc2)c1. The van der Waals surface area contributed by atoms with Crippen LogP contribution < -0.4 is 0 Å². The van der Waals surface area contributed by atoms with Crippen LogP contribution in [-0.2, 0) is 13.0 Å². The molecule has 0 radical (unpaired) electrons. The fourth-order valence-electron chi connectivity index (χ4n) is 1.37. The van der Waals surface area contributed by atoms with E-state index in [1.54, 1.807) is 6.20 Å². The molecule has 0 spiro atoms. The van der Waals surface area contributed by atoms with Crippen molar-refractivity contribution in [2.24, 2.45) is 0 Å². The topological polar surface area (TPSA) is 17.8 Å². The minimum Gasteiger partial charge on any atom is -0.337 e. The standard InChI is InChI=1S/C11H11ClN2/c12-11-3-1-2-10(8-11)4-6-14-7-5-13-9-14/h1-3,5,7-9H,4,6H2. The lowest BCUT2D eigenvalue weighted by Gasteiger charge is -2.02. The van der Waals surface area contributed by atoms with Gasteiger partial charge in [-0.15, -0.1) is 0 Å². The quantitative estimate of drug-likeness (QED) is 0.755. The Hall–Kier alpha value is -1.28. The van der Waals surface area contributed by atoms with E-state index in [1.165, 1.54) is 5.56 Å². The molecule has 0 aliphatic carbocycles. The van der Waals surface area contributed by atoms with Crippen molar-refractivity contribution in [1.29, 1.82) is 0 Å². The van der Waals surface area contributed by atoms with E-state index in [4.69, 9.17) is 11.6 Å². The van der Waals surface area contributed by atoms with E-state index in [0.29, 0.717) is 0 Å². The maximum absolute atomic E-state index is 5.89. The number of imidazole rings is 1. The summed E-state index contributed by atoms with van der Waals surface area (Å²) in [6, 6.07) is 7.95. The van der Waals surface area contributed by atoms with Gasteiger partial charge in [-0.25, -0.2) is 4.98 Å². The Morgan fingerprint density at radius 3 is 3.00 bits per heavy atom. The predicted octanol–water partition coefficient (Wildman–Crippen LogP) is 2.78. The summed E-state index contributed by atoms with van der Waals surface area (Å²) in [5.41, 5.74) is 1.26. The molecule has 2 rings (SSSR count). The van der Waals surface area contributed by atoms with Crippen LogP contribution in [0.15, 0.2) is 43.0 Å². The Morgan fingerprint density at radius 2 is 2.29 bits per heavy atom. The fraction of sp³-hybridized carbons (Fsp3) is 0.182. The summed E-state index contributed by atoms with van der Waals surface area (Å²) in [6.45, 7) is 0.945. The minimum atomic E-state index is 0.799. The van der Waals surface area contributed by atoms with Crippen LogP contribution in [-0.4, -0.2) is 9.55 Å². The van der Waals surface area contributed by atoms with Gasteiger partial charge in [0.25, 0.3) is 0 Å². The van der Waals surface area contributed by atoms with E-state index in [0.717, 1.165) is 18.0 Å². The predicted molar refractivity (Wildman–Crippen MR) is 57.4 cm³/mol. The van der Waals surface area contributed by atoms with Gasteiger partial charge in [0.1, 0.15) is 0 Å². The number of aryl methyl sites for hydroxylation is 2. The van der Waals surface area contributed by atoms with Crippen LogP contribution in [0.5, 0.6) is 0 Å². The molecular weight excluding hydrogens is 196 g/mol. The van der Waals surface area contributed by atoms with Gasteiger partial charge in [-0.05, 0) is 24.1 Å². The van der Waals surface area contributed by atoms with Gasteiger partial charge in [-0.3, -0.25) is 0 Å². The van der Waals surface area contributed by atoms with Gasteiger partial charge in [0.05, 0.1) is 6.33 Å². The van der Waals surface area contributed by atoms with Crippen molar-refractivity contribution in [3.63, 3.8) is 0 Å². The third-order valence-electron chi connectivity index (χ3n) is 2.11. The van der Waals surface area contributed by atoms with Crippen LogP contribution in [0.2, 0.25) is 5.02 Å². The first-order valence-corrected chi connectivity index (χ1v) is 4.92. The molecule has 0 bridgehead atoms. The molecule has 1 heterocycles. The van der Waals surface area contributed by atoms with Gasteiger partial charge in [-0.1, -0.05) is 23.7 Å². The summed E-state index contributed by atoms with van der Waals surface area (Å²) >= 11 is 5.89. The molecular formula is C11H11ClN2. The second-order valence-electron chi connectivity index (χ2n) is 3.18. The third kappa shape index (κ3) is 2.36. The van der Waals surface area contributed by atoms with Crippen LogP contribution in [0.25, 0.3) is 0 Å². The third-order valence-corrected chi connectivity index (χ3v) is 2.34. The van der Waals surface area contributed by atoms with Crippen molar-refractivity contribution in [1.82, 2.24) is 9.55 Å². The van der Waals surface area contributed by atoms with E-state index < -0.39 is 0 Å². The first-order chi connectivity index (χ1) is 6.84. The first-order valence-electron chi connectivity index (χ1n) is 4.55. The maximum atomic E-state index is 5.89. The average molecular weight is 207 g/mol. The molecule has 72 valence electrons. The number of aromatic nitrogens is 2. The molecule has 0 saturated carbocycles. The molecule has 0 amide bonds. The number of hydrogen-bond acceptors (Lipinski definition) is 1. The zero-order chi connectivity index (χ0) is 9.80. The Balaban J connectivity index is 1.98. The van der Waals surface area contributed by atoms with Crippen molar-refractivity contribution < 1.29 is 0 Å². The van der Waals surface area contributed by atoms with E-state index in [-0.39, 0.29) is 0 Å². The molecule has 0 aliphatic rings. The smallest absolute Gasteiger partial charge is 0.0946 e. The van der Waals surface area contributed by atoms with E-state index in [9.17, 15) is 0 Å². The largest absolute Gasteiger partial charge is 0.337 e. The van der Waals surface area contributed by atoms with Gasteiger partial charge in [0, 0.05) is 24.0 Å². The average Bonchev–Trinajstić information content (AvgIpc) is 2.67. The fourth-order valence-corrected chi connectivity index (χ4v) is 1.58. The van der Waals surface area contributed by atoms with Crippen LogP contribution >= 0.6 is 11.6 Å². The van der Waals surface area contributed by atoms with Crippen molar-refractivity contribution in [2.75, 3.05) is 0 Å². The van der Waals surface area contributed by atoms with Gasteiger partial charge in [0.2, 0.25) is 0 Å². The van der Waals surface area contributed by atoms with Crippen molar-refractivity contribution >= 4 is 11.6 Å². The Morgan fingerprint density at radius 1 is 1.36 bits per heavy atom. The molecule has 0 aliphatic heterocycles. The monoisotopic (exact) mass is 206 g/mol. The van der Waals surface area contributed by atoms with Crippen molar-refractivity contribution in [3.8, 4) is 0 Å². The molecule has 1 aromatic heterocycles. The second-order valence-corrected chi connectivity index (χ2v) is 3.62. The molecule has 0 atom stereocenters. The molecule has 0 fully saturated rings. The van der Waals surface area contributed by atoms with Gasteiger partial charge >= 0.3 is 0 Å². The van der Waals surface area contributed by atoms with E-state index in [1.807, 2.05) is 30.7 Å². The number of hydrogen-bond donors (Lipinski definition) is 0. The Labute approximate surface area is 88.2 Å². The lowest BCUT2D eigenvalue weighted by Crippen LogP contribution is -1.98. The molecule has 3 heteroatoms. The summed E-state index contributed by atoms with van der Waals surface area (Å²) < 4.78 is 2.06. The van der Waals surface area contributed by atoms with Crippen LogP contribution in [0.3, 0.4) is 0 Å². The van der Waals surface area contributed by atoms with Gasteiger partial charge in [-0.2, -0.15) is 0 Å². The lowest BCUT2D eigenvalue weighted by atomic mass is 10.1. The molecule has 14 heavy (non-hydrogen) atoms. The first kappa shape index (κ1) is 9.28. The molecule has 1 aromatic carbocycles. The summed E-state index contributed by atoms with van der Waals surface area (Å²) in [5.74, 6) is 0. The minimum absolute atomic E-state index is 0.799. The summed E-state index contributed by atoms with van der Waals surface area (Å²) in [4.78, 5) is 3.99. The van der Waals surface area contributed by atoms with Gasteiger partial charge in [0.15, 0.2) is 0 Å². The van der Waals surface area contributed by atoms with Crippen molar-refractivity contribution in [3.05, 3.63) is 53.6 Å². The number of halogens is 1. The van der Waals surface area contributed by atoms with Gasteiger partial charge < -0.3 is 4.57 Å². The molecule has 0 saturated heterocycles. The molecule has 0 unspecified atom stereocenters. The lowest BCUT2D eigenvalue weighted by molar-refractivity contribution is 0.696. The normalized spacial score (nSPS) is 10.4.